The van der Waals surface area contributed by atoms with Crippen LogP contribution in [-0.4, -0.2) is 37.2 Å². The smallest absolute Gasteiger partial charge is 0.306 e. The molecule has 0 unspecified atom stereocenters. The van der Waals surface area contributed by atoms with Crippen molar-refractivity contribution in [2.75, 3.05) is 13.2 Å². The summed E-state index contributed by atoms with van der Waals surface area (Å²) < 4.78 is 16.7. The van der Waals surface area contributed by atoms with E-state index in [4.69, 9.17) is 14.2 Å². The fourth-order valence-electron chi connectivity index (χ4n) is 6.87. The molecular weight excluding hydrogens is 829 g/mol. The summed E-state index contributed by atoms with van der Waals surface area (Å²) in [5, 5.41) is 0. The summed E-state index contributed by atoms with van der Waals surface area (Å²) in [5.41, 5.74) is 0. The molecule has 0 rings (SSSR count). The van der Waals surface area contributed by atoms with E-state index in [0.717, 1.165) is 103 Å². The Morgan fingerprint density at radius 1 is 0.313 bits per heavy atom. The van der Waals surface area contributed by atoms with Gasteiger partial charge in [0.2, 0.25) is 0 Å². The third-order valence-electron chi connectivity index (χ3n) is 10.9. The molecule has 0 saturated carbocycles. The molecule has 0 saturated heterocycles. The van der Waals surface area contributed by atoms with Crippen molar-refractivity contribution in [1.29, 1.82) is 0 Å². The van der Waals surface area contributed by atoms with Crippen molar-refractivity contribution in [3.8, 4) is 0 Å². The molecule has 0 fully saturated rings. The lowest BCUT2D eigenvalue weighted by atomic mass is 10.1. The fourth-order valence-corrected chi connectivity index (χ4v) is 6.87. The lowest BCUT2D eigenvalue weighted by molar-refractivity contribution is -0.167. The highest BCUT2D eigenvalue weighted by molar-refractivity contribution is 5.71. The van der Waals surface area contributed by atoms with Crippen LogP contribution < -0.4 is 0 Å². The summed E-state index contributed by atoms with van der Waals surface area (Å²) in [5.74, 6) is -1.05. The van der Waals surface area contributed by atoms with Gasteiger partial charge in [0.25, 0.3) is 0 Å². The average molecular weight is 927 g/mol. The topological polar surface area (TPSA) is 78.9 Å². The van der Waals surface area contributed by atoms with Crippen LogP contribution in [-0.2, 0) is 28.6 Å². The molecule has 0 heterocycles. The monoisotopic (exact) mass is 927 g/mol. The molecule has 0 aliphatic carbocycles. The lowest BCUT2D eigenvalue weighted by Crippen LogP contribution is -2.30. The molecule has 0 radical (unpaired) electrons. The number of esters is 3. The van der Waals surface area contributed by atoms with Crippen LogP contribution in [0.15, 0.2) is 122 Å². The van der Waals surface area contributed by atoms with E-state index in [2.05, 4.69) is 142 Å². The number of carbonyl (C=O) groups excluding carboxylic acids is 3. The SMILES string of the molecule is CC/C=C\C/C=C\C/C=C\C/C=C\CCCCC(=O)OC[C@H](COC(=O)CCC/C=C\C/C=C\C/C=C\CCCCCCCC)OC(=O)CCCCCC/C=C\C/C=C\C/C=C\CCCCC. The first kappa shape index (κ1) is 62.8. The minimum Gasteiger partial charge on any atom is -0.462 e. The highest BCUT2D eigenvalue weighted by Crippen LogP contribution is 2.12. The summed E-state index contributed by atoms with van der Waals surface area (Å²) in [4.78, 5) is 38.0. The third-order valence-corrected chi connectivity index (χ3v) is 10.9. The van der Waals surface area contributed by atoms with Gasteiger partial charge in [0.15, 0.2) is 6.10 Å². The Hall–Kier alpha value is -4.19. The number of allylic oxidation sites excluding steroid dienone is 20. The first-order valence-electron chi connectivity index (χ1n) is 27.0. The minimum atomic E-state index is -0.831. The highest BCUT2D eigenvalue weighted by Gasteiger charge is 2.19. The molecule has 6 heteroatoms. The summed E-state index contributed by atoms with van der Waals surface area (Å²) in [6.45, 7) is 6.38. The molecule has 0 aliphatic heterocycles. The van der Waals surface area contributed by atoms with Gasteiger partial charge in [0, 0.05) is 19.3 Å². The van der Waals surface area contributed by atoms with Crippen LogP contribution in [0.1, 0.15) is 226 Å². The zero-order valence-electron chi connectivity index (χ0n) is 43.1. The second kappa shape index (κ2) is 54.4. The van der Waals surface area contributed by atoms with Gasteiger partial charge in [-0.25, -0.2) is 0 Å². The Balaban J connectivity index is 4.59. The fraction of sp³-hybridized carbons (Fsp3) is 0.623. The quantitative estimate of drug-likeness (QED) is 0.0262. The largest absolute Gasteiger partial charge is 0.462 e. The first-order valence-corrected chi connectivity index (χ1v) is 27.0. The molecule has 0 bridgehead atoms. The Kier molecular flexibility index (Phi) is 51.0. The van der Waals surface area contributed by atoms with E-state index in [9.17, 15) is 14.4 Å². The molecule has 378 valence electrons. The second-order valence-corrected chi connectivity index (χ2v) is 17.4. The maximum Gasteiger partial charge on any atom is 0.306 e. The van der Waals surface area contributed by atoms with Crippen molar-refractivity contribution in [2.45, 2.75) is 232 Å². The van der Waals surface area contributed by atoms with Crippen LogP contribution in [0.3, 0.4) is 0 Å². The standard InChI is InChI=1S/C61H98O6/c1-4-7-10-13-16-19-22-25-28-30-33-36-39-42-45-48-51-54-60(63)66-57-58(56-65-59(62)53-50-47-44-41-38-35-32-27-24-21-18-15-12-9-6-3)67-61(64)55-52-49-46-43-40-37-34-31-29-26-23-20-17-14-11-8-5-2/h9,12,17-18,20-21,25-29,32-34,36-38,41-42,45,58H,4-8,10-11,13-16,19,22-24,30-31,35,39-40,43-44,46-57H2,1-3H3/b12-9-,20-17-,21-18-,28-25-,29-26-,32-27-,36-33-,37-34-,41-38-,45-42-/t58-/m1/s1. The van der Waals surface area contributed by atoms with Crippen molar-refractivity contribution in [3.05, 3.63) is 122 Å². The van der Waals surface area contributed by atoms with Crippen LogP contribution in [0.2, 0.25) is 0 Å². The van der Waals surface area contributed by atoms with Crippen LogP contribution in [0.25, 0.3) is 0 Å². The molecule has 0 aromatic rings. The van der Waals surface area contributed by atoms with Gasteiger partial charge >= 0.3 is 17.9 Å². The molecule has 0 amide bonds. The van der Waals surface area contributed by atoms with Crippen molar-refractivity contribution >= 4 is 17.9 Å². The van der Waals surface area contributed by atoms with Gasteiger partial charge in [0.05, 0.1) is 0 Å². The van der Waals surface area contributed by atoms with Gasteiger partial charge in [-0.2, -0.15) is 0 Å². The summed E-state index contributed by atoms with van der Waals surface area (Å²) in [6.07, 6.45) is 74.7. The van der Waals surface area contributed by atoms with E-state index in [1.165, 1.54) is 70.6 Å². The van der Waals surface area contributed by atoms with Crippen LogP contribution in [0.4, 0.5) is 0 Å². The number of rotatable bonds is 47. The second-order valence-electron chi connectivity index (χ2n) is 17.4. The normalized spacial score (nSPS) is 13.1. The zero-order valence-corrected chi connectivity index (χ0v) is 43.1. The van der Waals surface area contributed by atoms with Gasteiger partial charge in [0.1, 0.15) is 13.2 Å². The van der Waals surface area contributed by atoms with Crippen molar-refractivity contribution in [1.82, 2.24) is 0 Å². The van der Waals surface area contributed by atoms with Gasteiger partial charge in [-0.1, -0.05) is 200 Å². The van der Waals surface area contributed by atoms with E-state index < -0.39 is 6.10 Å². The van der Waals surface area contributed by atoms with Gasteiger partial charge in [-0.15, -0.1) is 0 Å². The lowest BCUT2D eigenvalue weighted by Gasteiger charge is -2.18. The van der Waals surface area contributed by atoms with Crippen LogP contribution in [0.5, 0.6) is 0 Å². The number of hydrogen-bond donors (Lipinski definition) is 0. The minimum absolute atomic E-state index is 0.128. The predicted molar refractivity (Wildman–Crippen MR) is 288 cm³/mol. The average Bonchev–Trinajstić information content (AvgIpc) is 3.33. The summed E-state index contributed by atoms with van der Waals surface area (Å²) >= 11 is 0. The van der Waals surface area contributed by atoms with Crippen molar-refractivity contribution in [2.24, 2.45) is 0 Å². The molecular formula is C61H98O6. The number of carbonyl (C=O) groups is 3. The number of unbranched alkanes of at least 4 members (excludes halogenated alkanes) is 16. The number of hydrogen-bond acceptors (Lipinski definition) is 6. The van der Waals surface area contributed by atoms with E-state index >= 15 is 0 Å². The molecule has 0 aromatic carbocycles. The molecule has 0 aliphatic rings. The molecule has 0 N–H and O–H groups in total. The first-order chi connectivity index (χ1) is 33.0. The van der Waals surface area contributed by atoms with Crippen molar-refractivity contribution in [3.63, 3.8) is 0 Å². The van der Waals surface area contributed by atoms with Crippen LogP contribution >= 0.6 is 0 Å². The number of ether oxygens (including phenoxy) is 3. The predicted octanol–water partition coefficient (Wildman–Crippen LogP) is 18.1. The molecule has 0 spiro atoms. The maximum absolute atomic E-state index is 12.8. The Bertz CT molecular complexity index is 1440. The van der Waals surface area contributed by atoms with E-state index in [1.54, 1.807) is 0 Å². The Labute approximate surface area is 412 Å². The molecule has 67 heavy (non-hydrogen) atoms. The summed E-state index contributed by atoms with van der Waals surface area (Å²) in [7, 11) is 0. The zero-order chi connectivity index (χ0) is 48.6. The third kappa shape index (κ3) is 52.6. The highest BCUT2D eigenvalue weighted by atomic mass is 16.6. The van der Waals surface area contributed by atoms with E-state index in [0.29, 0.717) is 12.8 Å². The summed E-state index contributed by atoms with van der Waals surface area (Å²) in [6, 6.07) is 0. The van der Waals surface area contributed by atoms with E-state index in [1.807, 2.05) is 0 Å². The van der Waals surface area contributed by atoms with E-state index in [-0.39, 0.29) is 50.4 Å². The van der Waals surface area contributed by atoms with Gasteiger partial charge in [-0.05, 0) is 128 Å². The van der Waals surface area contributed by atoms with Gasteiger partial charge < -0.3 is 14.2 Å². The maximum atomic E-state index is 12.8. The van der Waals surface area contributed by atoms with Crippen molar-refractivity contribution < 1.29 is 28.6 Å². The van der Waals surface area contributed by atoms with Crippen LogP contribution in [0, 0.1) is 0 Å². The molecule has 0 aromatic heterocycles. The Morgan fingerprint density at radius 3 is 1.03 bits per heavy atom. The Morgan fingerprint density at radius 2 is 0.597 bits per heavy atom. The van der Waals surface area contributed by atoms with Gasteiger partial charge in [-0.3, -0.25) is 14.4 Å². The molecule has 6 nitrogen and oxygen atoms in total. The molecule has 1 atom stereocenters.